The molecular formula is C27H50O3Si2. The molecule has 4 rings (SSSR count). The van der Waals surface area contributed by atoms with Crippen molar-refractivity contribution in [3.8, 4) is 0 Å². The van der Waals surface area contributed by atoms with E-state index < -0.39 is 16.6 Å². The topological polar surface area (TPSA) is 35.5 Å². The maximum Gasteiger partial charge on any atom is 0.184 e. The fraction of sp³-hybridized carbons (Fsp3) is 0.963. The predicted octanol–water partition coefficient (Wildman–Crippen LogP) is 7.28. The Hall–Kier alpha value is 0.0238. The van der Waals surface area contributed by atoms with Crippen molar-refractivity contribution in [3.05, 3.63) is 0 Å². The standard InChI is InChI=1S/C27H50O3Si2/c1-18(28)22-12-13-23-21-11-10-19-16-20(29-31(4,5)6)14-15-26(19,2)25(21)24(17-27(22,23)3)30-32(7,8)9/h19-25H,10-17H2,1-9H3. The summed E-state index contributed by atoms with van der Waals surface area (Å²) in [5, 5.41) is 0. The van der Waals surface area contributed by atoms with Crippen molar-refractivity contribution in [2.45, 2.75) is 124 Å². The third-order valence-corrected chi connectivity index (χ3v) is 12.1. The fourth-order valence-electron chi connectivity index (χ4n) is 9.15. The van der Waals surface area contributed by atoms with Crippen molar-refractivity contribution >= 4 is 22.4 Å². The Kier molecular flexibility index (Phi) is 6.52. The molecule has 0 bridgehead atoms. The van der Waals surface area contributed by atoms with Crippen LogP contribution in [-0.4, -0.2) is 34.6 Å². The zero-order valence-electron chi connectivity index (χ0n) is 22.4. The molecule has 0 aliphatic heterocycles. The molecule has 184 valence electrons. The Labute approximate surface area is 200 Å². The van der Waals surface area contributed by atoms with Crippen molar-refractivity contribution < 1.29 is 13.6 Å². The lowest BCUT2D eigenvalue weighted by molar-refractivity contribution is -0.173. The van der Waals surface area contributed by atoms with E-state index in [0.717, 1.165) is 24.7 Å². The fourth-order valence-corrected chi connectivity index (χ4v) is 11.5. The number of hydrogen-bond donors (Lipinski definition) is 0. The molecule has 32 heavy (non-hydrogen) atoms. The average Bonchev–Trinajstić information content (AvgIpc) is 2.96. The molecule has 4 saturated carbocycles. The van der Waals surface area contributed by atoms with Gasteiger partial charge in [0.15, 0.2) is 16.6 Å². The highest BCUT2D eigenvalue weighted by Gasteiger charge is 2.64. The molecule has 0 saturated heterocycles. The van der Waals surface area contributed by atoms with Crippen molar-refractivity contribution in [3.63, 3.8) is 0 Å². The van der Waals surface area contributed by atoms with Crippen molar-refractivity contribution in [2.75, 3.05) is 0 Å². The molecule has 0 spiro atoms. The van der Waals surface area contributed by atoms with E-state index >= 15 is 0 Å². The maximum absolute atomic E-state index is 12.7. The quantitative estimate of drug-likeness (QED) is 0.389. The van der Waals surface area contributed by atoms with Crippen LogP contribution in [-0.2, 0) is 13.6 Å². The smallest absolute Gasteiger partial charge is 0.184 e. The molecule has 0 aromatic heterocycles. The molecule has 9 atom stereocenters. The van der Waals surface area contributed by atoms with E-state index in [9.17, 15) is 4.79 Å². The van der Waals surface area contributed by atoms with Crippen LogP contribution in [0.3, 0.4) is 0 Å². The van der Waals surface area contributed by atoms with E-state index in [1.165, 1.54) is 38.5 Å². The van der Waals surface area contributed by atoms with Gasteiger partial charge in [0, 0.05) is 18.1 Å². The molecule has 3 nitrogen and oxygen atoms in total. The summed E-state index contributed by atoms with van der Waals surface area (Å²) in [5.41, 5.74) is 0.501. The first-order valence-corrected chi connectivity index (χ1v) is 20.3. The van der Waals surface area contributed by atoms with E-state index in [1.54, 1.807) is 0 Å². The molecule has 0 radical (unpaired) electrons. The van der Waals surface area contributed by atoms with Crippen LogP contribution in [0.4, 0.5) is 0 Å². The van der Waals surface area contributed by atoms with Crippen LogP contribution >= 0.6 is 0 Å². The number of hydrogen-bond acceptors (Lipinski definition) is 3. The number of carbonyl (C=O) groups is 1. The molecule has 0 aromatic carbocycles. The highest BCUT2D eigenvalue weighted by molar-refractivity contribution is 6.70. The van der Waals surface area contributed by atoms with Crippen LogP contribution in [0.5, 0.6) is 0 Å². The Balaban J connectivity index is 1.65. The molecule has 4 aliphatic carbocycles. The number of fused-ring (bicyclic) bond motifs is 5. The molecule has 0 N–H and O–H groups in total. The summed E-state index contributed by atoms with van der Waals surface area (Å²) in [4.78, 5) is 12.7. The third kappa shape index (κ3) is 4.49. The van der Waals surface area contributed by atoms with Gasteiger partial charge in [0.2, 0.25) is 0 Å². The van der Waals surface area contributed by atoms with Crippen LogP contribution in [0.25, 0.3) is 0 Å². The predicted molar refractivity (Wildman–Crippen MR) is 138 cm³/mol. The van der Waals surface area contributed by atoms with Crippen molar-refractivity contribution in [1.82, 2.24) is 0 Å². The van der Waals surface area contributed by atoms with E-state index in [0.29, 0.717) is 35.2 Å². The van der Waals surface area contributed by atoms with Crippen molar-refractivity contribution in [1.29, 1.82) is 0 Å². The minimum atomic E-state index is -1.69. The van der Waals surface area contributed by atoms with Gasteiger partial charge >= 0.3 is 0 Å². The van der Waals surface area contributed by atoms with Gasteiger partial charge in [-0.15, -0.1) is 0 Å². The van der Waals surface area contributed by atoms with Gasteiger partial charge in [0.1, 0.15) is 5.78 Å². The molecular weight excluding hydrogens is 428 g/mol. The summed E-state index contributed by atoms with van der Waals surface area (Å²) in [7, 11) is -3.19. The first kappa shape index (κ1) is 25.1. The Morgan fingerprint density at radius 3 is 2.09 bits per heavy atom. The first-order chi connectivity index (χ1) is 14.6. The van der Waals surface area contributed by atoms with Crippen LogP contribution in [0.2, 0.25) is 39.3 Å². The van der Waals surface area contributed by atoms with Gasteiger partial charge < -0.3 is 8.85 Å². The van der Waals surface area contributed by atoms with Gasteiger partial charge in [-0.3, -0.25) is 4.79 Å². The van der Waals surface area contributed by atoms with E-state index in [1.807, 2.05) is 6.92 Å². The maximum atomic E-state index is 12.7. The van der Waals surface area contributed by atoms with Crippen molar-refractivity contribution in [2.24, 2.45) is 40.4 Å². The third-order valence-electron chi connectivity index (χ3n) is 10.0. The molecule has 5 heteroatoms. The van der Waals surface area contributed by atoms with Crippen LogP contribution in [0.1, 0.15) is 72.1 Å². The summed E-state index contributed by atoms with van der Waals surface area (Å²) < 4.78 is 13.7. The summed E-state index contributed by atoms with van der Waals surface area (Å²) >= 11 is 0. The highest BCUT2D eigenvalue weighted by Crippen LogP contribution is 2.68. The Morgan fingerprint density at radius 1 is 0.844 bits per heavy atom. The highest BCUT2D eigenvalue weighted by atomic mass is 28.4. The van der Waals surface area contributed by atoms with Gasteiger partial charge in [-0.2, -0.15) is 0 Å². The largest absolute Gasteiger partial charge is 0.415 e. The number of Topliss-reactive ketones (excluding diaryl/α,β-unsaturated/α-hetero) is 1. The summed E-state index contributed by atoms with van der Waals surface area (Å²) in [5.74, 6) is 3.52. The van der Waals surface area contributed by atoms with Crippen LogP contribution in [0.15, 0.2) is 0 Å². The number of ketones is 1. The lowest BCUT2D eigenvalue weighted by Gasteiger charge is -2.64. The van der Waals surface area contributed by atoms with E-state index in [4.69, 9.17) is 8.85 Å². The molecule has 4 fully saturated rings. The van der Waals surface area contributed by atoms with E-state index in [2.05, 4.69) is 53.1 Å². The van der Waals surface area contributed by atoms with Crippen LogP contribution in [0, 0.1) is 40.4 Å². The molecule has 4 aliphatic rings. The average molecular weight is 479 g/mol. The summed E-state index contributed by atoms with van der Waals surface area (Å²) in [6.45, 7) is 21.0. The monoisotopic (exact) mass is 478 g/mol. The Morgan fingerprint density at radius 2 is 1.50 bits per heavy atom. The molecule has 0 aromatic rings. The van der Waals surface area contributed by atoms with Gasteiger partial charge in [0.05, 0.1) is 0 Å². The van der Waals surface area contributed by atoms with E-state index in [-0.39, 0.29) is 11.3 Å². The van der Waals surface area contributed by atoms with Gasteiger partial charge in [-0.1, -0.05) is 13.8 Å². The summed E-state index contributed by atoms with van der Waals surface area (Å²) in [6.07, 6.45) is 10.7. The molecule has 9 unspecified atom stereocenters. The lowest BCUT2D eigenvalue weighted by atomic mass is 9.44. The second-order valence-corrected chi connectivity index (χ2v) is 23.3. The first-order valence-electron chi connectivity index (χ1n) is 13.5. The SMILES string of the molecule is CC(=O)C1CCC2C3CCC4CC(O[Si](C)(C)C)CCC4(C)C3C(O[Si](C)(C)C)CC12C. The number of rotatable bonds is 5. The molecule has 0 amide bonds. The minimum absolute atomic E-state index is 0.138. The zero-order chi connectivity index (χ0) is 23.7. The number of carbonyl (C=O) groups excluding carboxylic acids is 1. The van der Waals surface area contributed by atoms with Gasteiger partial charge in [0.25, 0.3) is 0 Å². The van der Waals surface area contributed by atoms with Gasteiger partial charge in [-0.05, 0) is 132 Å². The molecule has 0 heterocycles. The second-order valence-electron chi connectivity index (χ2n) is 14.4. The van der Waals surface area contributed by atoms with Crippen LogP contribution < -0.4 is 0 Å². The zero-order valence-corrected chi connectivity index (χ0v) is 24.4. The minimum Gasteiger partial charge on any atom is -0.415 e. The second kappa shape index (κ2) is 8.31. The normalized spacial score (nSPS) is 46.8. The Bertz CT molecular complexity index is 725. The lowest BCUT2D eigenvalue weighted by Crippen LogP contribution is -2.61. The summed E-state index contributed by atoms with van der Waals surface area (Å²) in [6, 6.07) is 0. The van der Waals surface area contributed by atoms with Gasteiger partial charge in [-0.25, -0.2) is 0 Å².